The Labute approximate surface area is 121 Å². The van der Waals surface area contributed by atoms with E-state index in [4.69, 9.17) is 24.7 Å². The number of ether oxygens (including phenoxy) is 4. The van der Waals surface area contributed by atoms with E-state index in [2.05, 4.69) is 0 Å². The van der Waals surface area contributed by atoms with Crippen molar-refractivity contribution in [2.24, 2.45) is 5.73 Å². The molecule has 20 heavy (non-hydrogen) atoms. The van der Waals surface area contributed by atoms with E-state index in [0.717, 1.165) is 23.3 Å². The zero-order valence-electron chi connectivity index (χ0n) is 12.4. The Balaban J connectivity index is 2.24. The highest BCUT2D eigenvalue weighted by atomic mass is 16.5. The zero-order valence-corrected chi connectivity index (χ0v) is 12.4. The highest BCUT2D eigenvalue weighted by Crippen LogP contribution is 2.20. The molecular weight excluding hydrogens is 258 g/mol. The third-order valence-electron chi connectivity index (χ3n) is 2.85. The molecule has 0 saturated carbocycles. The number of hydrogen-bond acceptors (Lipinski definition) is 5. The van der Waals surface area contributed by atoms with E-state index in [1.54, 1.807) is 14.2 Å². The summed E-state index contributed by atoms with van der Waals surface area (Å²) in [4.78, 5) is 0. The van der Waals surface area contributed by atoms with Crippen LogP contribution in [0.3, 0.4) is 0 Å². The van der Waals surface area contributed by atoms with Gasteiger partial charge in [-0.05, 0) is 24.1 Å². The molecule has 0 amide bonds. The van der Waals surface area contributed by atoms with Crippen LogP contribution in [0.5, 0.6) is 5.75 Å². The van der Waals surface area contributed by atoms with Gasteiger partial charge in [-0.3, -0.25) is 0 Å². The fraction of sp³-hybridized carbons (Fsp3) is 0.600. The Morgan fingerprint density at radius 3 is 2.50 bits per heavy atom. The van der Waals surface area contributed by atoms with E-state index in [9.17, 15) is 0 Å². The van der Waals surface area contributed by atoms with Crippen LogP contribution in [0, 0.1) is 0 Å². The van der Waals surface area contributed by atoms with Crippen molar-refractivity contribution in [3.63, 3.8) is 0 Å². The molecule has 5 heteroatoms. The number of methoxy groups -OCH3 is 2. The fourth-order valence-electron chi connectivity index (χ4n) is 1.76. The van der Waals surface area contributed by atoms with Gasteiger partial charge in [0.25, 0.3) is 0 Å². The van der Waals surface area contributed by atoms with Crippen LogP contribution < -0.4 is 10.5 Å². The summed E-state index contributed by atoms with van der Waals surface area (Å²) in [5.41, 5.74) is 7.74. The van der Waals surface area contributed by atoms with Gasteiger partial charge < -0.3 is 24.7 Å². The van der Waals surface area contributed by atoms with Crippen LogP contribution in [-0.4, -0.2) is 40.6 Å². The Morgan fingerprint density at radius 2 is 1.80 bits per heavy atom. The number of benzene rings is 1. The summed E-state index contributed by atoms with van der Waals surface area (Å²) < 4.78 is 21.2. The summed E-state index contributed by atoms with van der Waals surface area (Å²) in [7, 11) is 3.32. The third-order valence-corrected chi connectivity index (χ3v) is 2.85. The van der Waals surface area contributed by atoms with Crippen LogP contribution in [-0.2, 0) is 27.4 Å². The Morgan fingerprint density at radius 1 is 1.00 bits per heavy atom. The third kappa shape index (κ3) is 6.34. The number of rotatable bonds is 11. The van der Waals surface area contributed by atoms with Crippen LogP contribution in [0.25, 0.3) is 0 Å². The van der Waals surface area contributed by atoms with Crippen molar-refractivity contribution < 1.29 is 18.9 Å². The van der Waals surface area contributed by atoms with Gasteiger partial charge >= 0.3 is 0 Å². The molecule has 0 unspecified atom stereocenters. The number of nitrogens with two attached hydrogens (primary N) is 1. The van der Waals surface area contributed by atoms with Crippen LogP contribution in [0.4, 0.5) is 0 Å². The lowest BCUT2D eigenvalue weighted by molar-refractivity contribution is 0.0480. The smallest absolute Gasteiger partial charge is 0.124 e. The lowest BCUT2D eigenvalue weighted by atomic mass is 10.1. The molecule has 0 spiro atoms. The van der Waals surface area contributed by atoms with Gasteiger partial charge in [0.15, 0.2) is 0 Å². The molecule has 0 aliphatic carbocycles. The molecule has 0 radical (unpaired) electrons. The monoisotopic (exact) mass is 283 g/mol. The molecule has 114 valence electrons. The molecule has 0 fully saturated rings. The number of hydrogen-bond donors (Lipinski definition) is 1. The first-order chi connectivity index (χ1) is 9.81. The minimum Gasteiger partial charge on any atom is -0.496 e. The highest BCUT2D eigenvalue weighted by molar-refractivity contribution is 5.36. The maximum atomic E-state index is 5.64. The van der Waals surface area contributed by atoms with Crippen molar-refractivity contribution >= 4 is 0 Å². The SMILES string of the molecule is COCCOCCCOCc1cc(CN)ccc1OC. The van der Waals surface area contributed by atoms with Crippen molar-refractivity contribution in [3.05, 3.63) is 29.3 Å². The molecule has 0 saturated heterocycles. The van der Waals surface area contributed by atoms with Gasteiger partial charge in [-0.15, -0.1) is 0 Å². The van der Waals surface area contributed by atoms with E-state index >= 15 is 0 Å². The van der Waals surface area contributed by atoms with Crippen molar-refractivity contribution in [1.82, 2.24) is 0 Å². The highest BCUT2D eigenvalue weighted by Gasteiger charge is 2.04. The van der Waals surface area contributed by atoms with E-state index < -0.39 is 0 Å². The Kier molecular flexibility index (Phi) is 8.98. The summed E-state index contributed by atoms with van der Waals surface area (Å²) >= 11 is 0. The fourth-order valence-corrected chi connectivity index (χ4v) is 1.76. The van der Waals surface area contributed by atoms with Crippen LogP contribution in [0.15, 0.2) is 18.2 Å². The van der Waals surface area contributed by atoms with Gasteiger partial charge in [-0.25, -0.2) is 0 Å². The molecule has 1 aromatic carbocycles. The Hall–Kier alpha value is -1.14. The van der Waals surface area contributed by atoms with Gasteiger partial charge in [0.05, 0.1) is 26.9 Å². The molecule has 1 aromatic rings. The molecule has 0 aliphatic heterocycles. The van der Waals surface area contributed by atoms with E-state index in [1.807, 2.05) is 18.2 Å². The average molecular weight is 283 g/mol. The molecule has 0 bridgehead atoms. The average Bonchev–Trinajstić information content (AvgIpc) is 2.49. The Bertz CT molecular complexity index is 371. The second kappa shape index (κ2) is 10.6. The van der Waals surface area contributed by atoms with Gasteiger partial charge in [-0.2, -0.15) is 0 Å². The molecule has 0 aliphatic rings. The zero-order chi connectivity index (χ0) is 14.6. The quantitative estimate of drug-likeness (QED) is 0.627. The van der Waals surface area contributed by atoms with Crippen LogP contribution in [0.1, 0.15) is 17.5 Å². The molecule has 5 nitrogen and oxygen atoms in total. The normalized spacial score (nSPS) is 10.8. The molecule has 0 atom stereocenters. The van der Waals surface area contributed by atoms with Crippen molar-refractivity contribution in [2.75, 3.05) is 40.6 Å². The molecule has 1 rings (SSSR count). The predicted octanol–water partition coefficient (Wildman–Crippen LogP) is 1.72. The first kappa shape index (κ1) is 16.9. The van der Waals surface area contributed by atoms with Crippen molar-refractivity contribution in [1.29, 1.82) is 0 Å². The molecular formula is C15H25NO4. The summed E-state index contributed by atoms with van der Waals surface area (Å²) in [6.07, 6.45) is 0.864. The van der Waals surface area contributed by atoms with Crippen LogP contribution in [0.2, 0.25) is 0 Å². The van der Waals surface area contributed by atoms with E-state index in [0.29, 0.717) is 39.6 Å². The molecule has 2 N–H and O–H groups in total. The maximum absolute atomic E-state index is 5.64. The van der Waals surface area contributed by atoms with Gasteiger partial charge in [0.2, 0.25) is 0 Å². The molecule has 0 aromatic heterocycles. The summed E-state index contributed by atoms with van der Waals surface area (Å²) in [6.45, 7) is 3.64. The summed E-state index contributed by atoms with van der Waals surface area (Å²) in [5.74, 6) is 0.832. The minimum atomic E-state index is 0.518. The summed E-state index contributed by atoms with van der Waals surface area (Å²) in [5, 5.41) is 0. The van der Waals surface area contributed by atoms with Crippen molar-refractivity contribution in [2.45, 2.75) is 19.6 Å². The first-order valence-electron chi connectivity index (χ1n) is 6.82. The van der Waals surface area contributed by atoms with E-state index in [1.165, 1.54) is 0 Å². The van der Waals surface area contributed by atoms with E-state index in [-0.39, 0.29) is 0 Å². The standard InChI is InChI=1S/C15H25NO4/c1-17-8-9-19-6-3-7-20-12-14-10-13(11-16)4-5-15(14)18-2/h4-5,10H,3,6-9,11-12,16H2,1-2H3. The first-order valence-corrected chi connectivity index (χ1v) is 6.82. The minimum absolute atomic E-state index is 0.518. The maximum Gasteiger partial charge on any atom is 0.124 e. The predicted molar refractivity (Wildman–Crippen MR) is 77.9 cm³/mol. The lowest BCUT2D eigenvalue weighted by Gasteiger charge is -2.11. The van der Waals surface area contributed by atoms with Gasteiger partial charge in [0, 0.05) is 32.4 Å². The van der Waals surface area contributed by atoms with Gasteiger partial charge in [0.1, 0.15) is 5.75 Å². The summed E-state index contributed by atoms with van der Waals surface area (Å²) in [6, 6.07) is 5.91. The molecule has 0 heterocycles. The second-order valence-electron chi connectivity index (χ2n) is 4.36. The van der Waals surface area contributed by atoms with Gasteiger partial charge in [-0.1, -0.05) is 6.07 Å². The topological polar surface area (TPSA) is 62.9 Å². The largest absolute Gasteiger partial charge is 0.496 e. The lowest BCUT2D eigenvalue weighted by Crippen LogP contribution is -2.06. The second-order valence-corrected chi connectivity index (χ2v) is 4.36. The van der Waals surface area contributed by atoms with Crippen LogP contribution >= 0.6 is 0 Å². The van der Waals surface area contributed by atoms with Crippen molar-refractivity contribution in [3.8, 4) is 5.75 Å².